The monoisotopic (exact) mass is 239 g/mol. The first-order chi connectivity index (χ1) is 7.83. The Morgan fingerprint density at radius 3 is 2.12 bits per heavy atom. The van der Waals surface area contributed by atoms with Gasteiger partial charge in [0.05, 0.1) is 5.60 Å². The van der Waals surface area contributed by atoms with Crippen LogP contribution in [0.3, 0.4) is 0 Å². The van der Waals surface area contributed by atoms with E-state index in [1.165, 1.54) is 6.42 Å². The lowest BCUT2D eigenvalue weighted by atomic mass is 9.59. The van der Waals surface area contributed by atoms with Crippen LogP contribution in [0.4, 0.5) is 0 Å². The number of nitrogens with two attached hydrogens (primary N) is 1. The van der Waals surface area contributed by atoms with Gasteiger partial charge in [0.1, 0.15) is 0 Å². The van der Waals surface area contributed by atoms with Gasteiger partial charge >= 0.3 is 0 Å². The third-order valence-electron chi connectivity index (χ3n) is 5.66. The summed E-state index contributed by atoms with van der Waals surface area (Å²) in [6.45, 7) is 7.60. The molecule has 2 saturated carbocycles. The molecule has 2 nitrogen and oxygen atoms in total. The van der Waals surface area contributed by atoms with Crippen LogP contribution in [-0.4, -0.2) is 17.3 Å². The summed E-state index contributed by atoms with van der Waals surface area (Å²) in [5.74, 6) is 0.734. The van der Waals surface area contributed by atoms with Gasteiger partial charge in [0.2, 0.25) is 0 Å². The maximum absolute atomic E-state index is 11.1. The van der Waals surface area contributed by atoms with Crippen LogP contribution in [0.1, 0.15) is 65.7 Å². The molecule has 100 valence electrons. The quantitative estimate of drug-likeness (QED) is 0.778. The fourth-order valence-electron chi connectivity index (χ4n) is 4.06. The van der Waals surface area contributed by atoms with E-state index in [1.54, 1.807) is 0 Å². The molecule has 0 radical (unpaired) electrons. The Hall–Kier alpha value is -0.0800. The first-order valence-corrected chi connectivity index (χ1v) is 7.25. The fraction of sp³-hybridized carbons (Fsp3) is 1.00. The molecule has 0 aliphatic heterocycles. The predicted octanol–water partition coefficient (Wildman–Crippen LogP) is 3.08. The average molecular weight is 239 g/mol. The summed E-state index contributed by atoms with van der Waals surface area (Å²) in [5.41, 5.74) is 6.00. The second kappa shape index (κ2) is 4.24. The van der Waals surface area contributed by atoms with Crippen molar-refractivity contribution in [1.29, 1.82) is 0 Å². The molecular weight excluding hydrogens is 210 g/mol. The Morgan fingerprint density at radius 1 is 1.12 bits per heavy atom. The molecule has 0 aromatic rings. The summed E-state index contributed by atoms with van der Waals surface area (Å²) < 4.78 is 0. The van der Waals surface area contributed by atoms with Crippen molar-refractivity contribution < 1.29 is 5.11 Å². The predicted molar refractivity (Wildman–Crippen MR) is 71.7 cm³/mol. The Bertz CT molecular complexity index is 277. The molecule has 0 heterocycles. The highest BCUT2D eigenvalue weighted by atomic mass is 16.3. The SMILES string of the molecule is CC1CCC(CN)(C2(O)CCC(C)(C)CC2)C1. The maximum atomic E-state index is 11.1. The summed E-state index contributed by atoms with van der Waals surface area (Å²) >= 11 is 0. The van der Waals surface area contributed by atoms with E-state index in [2.05, 4.69) is 20.8 Å². The summed E-state index contributed by atoms with van der Waals surface area (Å²) in [4.78, 5) is 0. The zero-order valence-electron chi connectivity index (χ0n) is 11.8. The minimum absolute atomic E-state index is 0.0168. The van der Waals surface area contributed by atoms with Gasteiger partial charge < -0.3 is 10.8 Å². The minimum Gasteiger partial charge on any atom is -0.389 e. The van der Waals surface area contributed by atoms with Crippen LogP contribution in [0.5, 0.6) is 0 Å². The highest BCUT2D eigenvalue weighted by molar-refractivity contribution is 5.06. The molecule has 2 aliphatic carbocycles. The summed E-state index contributed by atoms with van der Waals surface area (Å²) in [5, 5.41) is 11.1. The van der Waals surface area contributed by atoms with E-state index in [9.17, 15) is 5.11 Å². The fourth-order valence-corrected chi connectivity index (χ4v) is 4.06. The largest absolute Gasteiger partial charge is 0.389 e. The molecule has 2 atom stereocenters. The van der Waals surface area contributed by atoms with Crippen molar-refractivity contribution in [2.75, 3.05) is 6.54 Å². The van der Waals surface area contributed by atoms with Crippen molar-refractivity contribution in [2.24, 2.45) is 22.5 Å². The van der Waals surface area contributed by atoms with E-state index < -0.39 is 5.60 Å². The second-order valence-corrected chi connectivity index (χ2v) is 7.53. The second-order valence-electron chi connectivity index (χ2n) is 7.53. The molecule has 3 N–H and O–H groups in total. The van der Waals surface area contributed by atoms with Gasteiger partial charge in [0.25, 0.3) is 0 Å². The highest BCUT2D eigenvalue weighted by Gasteiger charge is 2.54. The first kappa shape index (κ1) is 13.4. The van der Waals surface area contributed by atoms with E-state index in [4.69, 9.17) is 5.73 Å². The molecule has 0 saturated heterocycles. The van der Waals surface area contributed by atoms with Crippen LogP contribution in [0.25, 0.3) is 0 Å². The molecule has 0 bridgehead atoms. The molecule has 2 aliphatic rings. The van der Waals surface area contributed by atoms with E-state index >= 15 is 0 Å². The minimum atomic E-state index is -0.484. The van der Waals surface area contributed by atoms with Crippen molar-refractivity contribution in [3.8, 4) is 0 Å². The summed E-state index contributed by atoms with van der Waals surface area (Å²) in [6.07, 6.45) is 7.66. The van der Waals surface area contributed by atoms with Crippen LogP contribution in [0, 0.1) is 16.7 Å². The van der Waals surface area contributed by atoms with Gasteiger partial charge in [-0.25, -0.2) is 0 Å². The molecule has 0 aromatic heterocycles. The molecule has 0 amide bonds. The molecule has 2 unspecified atom stereocenters. The highest BCUT2D eigenvalue weighted by Crippen LogP contribution is 2.55. The number of rotatable bonds is 2. The Balaban J connectivity index is 2.15. The normalized spacial score (nSPS) is 40.4. The number of hydrogen-bond acceptors (Lipinski definition) is 2. The van der Waals surface area contributed by atoms with E-state index in [1.807, 2.05) is 0 Å². The van der Waals surface area contributed by atoms with Crippen molar-refractivity contribution in [3.05, 3.63) is 0 Å². The van der Waals surface area contributed by atoms with Crippen LogP contribution in [0.2, 0.25) is 0 Å². The standard InChI is InChI=1S/C15H29NO/c1-12-4-5-14(10-12,11-16)15(17)8-6-13(2,3)7-9-15/h12,17H,4-11,16H2,1-3H3. The Labute approximate surface area is 106 Å². The van der Waals surface area contributed by atoms with Crippen LogP contribution in [0.15, 0.2) is 0 Å². The van der Waals surface area contributed by atoms with Gasteiger partial charge in [-0.15, -0.1) is 0 Å². The third kappa shape index (κ3) is 2.26. The van der Waals surface area contributed by atoms with Crippen molar-refractivity contribution in [3.63, 3.8) is 0 Å². The molecule has 2 rings (SSSR count). The molecular formula is C15H29NO. The zero-order valence-corrected chi connectivity index (χ0v) is 11.8. The van der Waals surface area contributed by atoms with Gasteiger partial charge in [-0.05, 0) is 49.9 Å². The van der Waals surface area contributed by atoms with Gasteiger partial charge in [0, 0.05) is 12.0 Å². The van der Waals surface area contributed by atoms with Crippen LogP contribution < -0.4 is 5.73 Å². The zero-order chi connectivity index (χ0) is 12.7. The smallest absolute Gasteiger partial charge is 0.0716 e. The lowest BCUT2D eigenvalue weighted by Crippen LogP contribution is -2.54. The molecule has 2 heteroatoms. The lowest BCUT2D eigenvalue weighted by Gasteiger charge is -2.50. The van der Waals surface area contributed by atoms with E-state index in [0.29, 0.717) is 12.0 Å². The third-order valence-corrected chi connectivity index (χ3v) is 5.66. The summed E-state index contributed by atoms with van der Waals surface area (Å²) in [6, 6.07) is 0. The Kier molecular flexibility index (Phi) is 3.33. The molecule has 17 heavy (non-hydrogen) atoms. The molecule has 0 aromatic carbocycles. The molecule has 0 spiro atoms. The Morgan fingerprint density at radius 2 is 1.71 bits per heavy atom. The van der Waals surface area contributed by atoms with E-state index in [0.717, 1.165) is 44.4 Å². The maximum Gasteiger partial charge on any atom is 0.0716 e. The van der Waals surface area contributed by atoms with Crippen LogP contribution in [-0.2, 0) is 0 Å². The topological polar surface area (TPSA) is 46.2 Å². The van der Waals surface area contributed by atoms with Gasteiger partial charge in [-0.1, -0.05) is 27.2 Å². The van der Waals surface area contributed by atoms with Crippen molar-refractivity contribution in [1.82, 2.24) is 0 Å². The van der Waals surface area contributed by atoms with E-state index in [-0.39, 0.29) is 5.41 Å². The number of aliphatic hydroxyl groups is 1. The van der Waals surface area contributed by atoms with Crippen molar-refractivity contribution >= 4 is 0 Å². The molecule has 2 fully saturated rings. The number of hydrogen-bond donors (Lipinski definition) is 2. The van der Waals surface area contributed by atoms with Crippen molar-refractivity contribution in [2.45, 2.75) is 71.3 Å². The summed E-state index contributed by atoms with van der Waals surface area (Å²) in [7, 11) is 0. The van der Waals surface area contributed by atoms with Gasteiger partial charge in [-0.3, -0.25) is 0 Å². The first-order valence-electron chi connectivity index (χ1n) is 7.25. The van der Waals surface area contributed by atoms with Gasteiger partial charge in [-0.2, -0.15) is 0 Å². The average Bonchev–Trinajstić information content (AvgIpc) is 2.67. The lowest BCUT2D eigenvalue weighted by molar-refractivity contribution is -0.121. The van der Waals surface area contributed by atoms with Crippen LogP contribution >= 0.6 is 0 Å². The van der Waals surface area contributed by atoms with Gasteiger partial charge in [0.15, 0.2) is 0 Å².